The molecule has 1 aromatic carbocycles. The second-order valence-corrected chi connectivity index (χ2v) is 4.71. The van der Waals surface area contributed by atoms with Gasteiger partial charge in [0.15, 0.2) is 5.13 Å². The van der Waals surface area contributed by atoms with E-state index in [1.54, 1.807) is 11.3 Å². The van der Waals surface area contributed by atoms with Gasteiger partial charge in [0.25, 0.3) is 0 Å². The van der Waals surface area contributed by atoms with Crippen LogP contribution >= 0.6 is 11.3 Å². The van der Waals surface area contributed by atoms with Gasteiger partial charge in [0.2, 0.25) is 0 Å². The zero-order valence-electron chi connectivity index (χ0n) is 9.40. The largest absolute Gasteiger partial charge is 0.354 e. The number of aromatic nitrogens is 3. The van der Waals surface area contributed by atoms with Gasteiger partial charge in [0, 0.05) is 5.38 Å². The van der Waals surface area contributed by atoms with Crippen LogP contribution in [0.15, 0.2) is 29.6 Å². The number of aryl methyl sites for hydroxylation is 1. The molecule has 5 heteroatoms. The highest BCUT2D eigenvalue weighted by atomic mass is 32.1. The van der Waals surface area contributed by atoms with Crippen LogP contribution in [0.4, 0.5) is 5.13 Å². The lowest BCUT2D eigenvalue weighted by Gasteiger charge is -1.97. The third kappa shape index (κ3) is 2.14. The van der Waals surface area contributed by atoms with E-state index in [4.69, 9.17) is 0 Å². The summed E-state index contributed by atoms with van der Waals surface area (Å²) >= 11 is 1.61. The van der Waals surface area contributed by atoms with E-state index < -0.39 is 0 Å². The third-order valence-electron chi connectivity index (χ3n) is 2.46. The van der Waals surface area contributed by atoms with Crippen LogP contribution in [-0.4, -0.2) is 15.0 Å². The molecular weight excluding hydrogens is 232 g/mol. The molecule has 0 radical (unpaired) electrons. The Morgan fingerprint density at radius 2 is 2.18 bits per heavy atom. The zero-order valence-corrected chi connectivity index (χ0v) is 10.2. The summed E-state index contributed by atoms with van der Waals surface area (Å²) in [4.78, 5) is 12.1. The fourth-order valence-corrected chi connectivity index (χ4v) is 2.37. The van der Waals surface area contributed by atoms with E-state index in [1.165, 1.54) is 0 Å². The van der Waals surface area contributed by atoms with Gasteiger partial charge >= 0.3 is 0 Å². The van der Waals surface area contributed by atoms with Crippen LogP contribution in [0.1, 0.15) is 11.5 Å². The fourth-order valence-electron chi connectivity index (χ4n) is 1.68. The Morgan fingerprint density at radius 1 is 1.29 bits per heavy atom. The molecule has 3 aromatic rings. The number of H-pyrrole nitrogens is 1. The summed E-state index contributed by atoms with van der Waals surface area (Å²) in [6, 6.07) is 8.02. The van der Waals surface area contributed by atoms with Crippen molar-refractivity contribution in [3.05, 3.63) is 41.2 Å². The fraction of sp³-hybridized carbons (Fsp3) is 0.167. The van der Waals surface area contributed by atoms with Gasteiger partial charge in [-0.15, -0.1) is 11.3 Å². The molecule has 0 aliphatic carbocycles. The first-order valence-corrected chi connectivity index (χ1v) is 6.29. The van der Waals surface area contributed by atoms with E-state index in [-0.39, 0.29) is 0 Å². The molecule has 17 heavy (non-hydrogen) atoms. The topological polar surface area (TPSA) is 53.6 Å². The number of fused-ring (bicyclic) bond motifs is 1. The molecule has 0 fully saturated rings. The first kappa shape index (κ1) is 10.3. The van der Waals surface area contributed by atoms with E-state index in [9.17, 15) is 0 Å². The molecule has 0 saturated heterocycles. The van der Waals surface area contributed by atoms with Crippen LogP contribution < -0.4 is 5.32 Å². The van der Waals surface area contributed by atoms with Crippen molar-refractivity contribution >= 4 is 27.5 Å². The number of imidazole rings is 1. The summed E-state index contributed by atoms with van der Waals surface area (Å²) in [6.07, 6.45) is 0. The van der Waals surface area contributed by atoms with E-state index in [0.29, 0.717) is 6.54 Å². The lowest BCUT2D eigenvalue weighted by atomic mass is 10.3. The number of nitrogens with zero attached hydrogens (tertiary/aromatic N) is 2. The van der Waals surface area contributed by atoms with E-state index in [2.05, 4.69) is 20.3 Å². The molecule has 4 nitrogen and oxygen atoms in total. The molecule has 2 aromatic heterocycles. The van der Waals surface area contributed by atoms with E-state index in [1.807, 2.05) is 36.6 Å². The number of hydrogen-bond donors (Lipinski definition) is 2. The normalized spacial score (nSPS) is 10.9. The summed E-state index contributed by atoms with van der Waals surface area (Å²) in [5.41, 5.74) is 3.11. The van der Waals surface area contributed by atoms with Crippen LogP contribution in [0.3, 0.4) is 0 Å². The van der Waals surface area contributed by atoms with E-state index >= 15 is 0 Å². The van der Waals surface area contributed by atoms with Gasteiger partial charge in [-0.3, -0.25) is 0 Å². The van der Waals surface area contributed by atoms with Gasteiger partial charge in [-0.25, -0.2) is 9.97 Å². The Kier molecular flexibility index (Phi) is 2.53. The molecule has 0 bridgehead atoms. The number of rotatable bonds is 3. The number of nitrogens with one attached hydrogen (secondary N) is 2. The summed E-state index contributed by atoms with van der Waals surface area (Å²) < 4.78 is 0. The average molecular weight is 244 g/mol. The van der Waals surface area contributed by atoms with Gasteiger partial charge in [-0.1, -0.05) is 12.1 Å². The number of benzene rings is 1. The Morgan fingerprint density at radius 3 is 2.94 bits per heavy atom. The molecule has 86 valence electrons. The maximum Gasteiger partial charge on any atom is 0.183 e. The first-order valence-electron chi connectivity index (χ1n) is 5.41. The van der Waals surface area contributed by atoms with Crippen LogP contribution in [0, 0.1) is 6.92 Å². The highest BCUT2D eigenvalue weighted by Gasteiger charge is 2.02. The van der Waals surface area contributed by atoms with Gasteiger partial charge in [0.1, 0.15) is 5.82 Å². The smallest absolute Gasteiger partial charge is 0.183 e. The first-order chi connectivity index (χ1) is 8.31. The standard InChI is InChI=1S/C12H12N4S/c1-8-7-17-12(14-8)13-6-11-15-9-4-2-3-5-10(9)16-11/h2-5,7H,6H2,1H3,(H,13,14)(H,15,16). The number of anilines is 1. The number of thiazole rings is 1. The van der Waals surface area contributed by atoms with Crippen molar-refractivity contribution in [3.8, 4) is 0 Å². The van der Waals surface area contributed by atoms with Crippen molar-refractivity contribution in [3.63, 3.8) is 0 Å². The Hall–Kier alpha value is -1.88. The minimum absolute atomic E-state index is 0.668. The maximum absolute atomic E-state index is 4.49. The molecule has 0 aliphatic heterocycles. The van der Waals surface area contributed by atoms with Crippen molar-refractivity contribution in [1.29, 1.82) is 0 Å². The second kappa shape index (κ2) is 4.18. The zero-order chi connectivity index (χ0) is 11.7. The highest BCUT2D eigenvalue weighted by molar-refractivity contribution is 7.13. The molecule has 0 unspecified atom stereocenters. The number of hydrogen-bond acceptors (Lipinski definition) is 4. The van der Waals surface area contributed by atoms with Gasteiger partial charge in [-0.05, 0) is 19.1 Å². The molecule has 0 spiro atoms. The number of para-hydroxylation sites is 2. The average Bonchev–Trinajstić information content (AvgIpc) is 2.91. The highest BCUT2D eigenvalue weighted by Crippen LogP contribution is 2.16. The minimum atomic E-state index is 0.668. The lowest BCUT2D eigenvalue weighted by Crippen LogP contribution is -2.00. The molecule has 2 heterocycles. The Labute approximate surface area is 103 Å². The summed E-state index contributed by atoms with van der Waals surface area (Å²) in [7, 11) is 0. The molecule has 0 atom stereocenters. The Balaban J connectivity index is 1.76. The molecular formula is C12H12N4S. The van der Waals surface area contributed by atoms with Gasteiger partial charge < -0.3 is 10.3 Å². The van der Waals surface area contributed by atoms with Crippen molar-refractivity contribution in [2.24, 2.45) is 0 Å². The molecule has 0 amide bonds. The van der Waals surface area contributed by atoms with Crippen LogP contribution in [0.2, 0.25) is 0 Å². The van der Waals surface area contributed by atoms with Crippen molar-refractivity contribution < 1.29 is 0 Å². The van der Waals surface area contributed by atoms with Gasteiger partial charge in [0.05, 0.1) is 23.3 Å². The van der Waals surface area contributed by atoms with Crippen LogP contribution in [0.5, 0.6) is 0 Å². The third-order valence-corrected chi connectivity index (χ3v) is 3.38. The van der Waals surface area contributed by atoms with Crippen molar-refractivity contribution in [1.82, 2.24) is 15.0 Å². The predicted molar refractivity (Wildman–Crippen MR) is 70.3 cm³/mol. The quantitative estimate of drug-likeness (QED) is 0.744. The molecule has 3 rings (SSSR count). The summed E-state index contributed by atoms with van der Waals surface area (Å²) in [5, 5.41) is 6.22. The van der Waals surface area contributed by atoms with Crippen LogP contribution in [-0.2, 0) is 6.54 Å². The SMILES string of the molecule is Cc1csc(NCc2nc3ccccc3[nH]2)n1. The van der Waals surface area contributed by atoms with Crippen molar-refractivity contribution in [2.75, 3.05) is 5.32 Å². The molecule has 2 N–H and O–H groups in total. The van der Waals surface area contributed by atoms with Crippen LogP contribution in [0.25, 0.3) is 11.0 Å². The molecule has 0 saturated carbocycles. The maximum atomic E-state index is 4.49. The lowest BCUT2D eigenvalue weighted by molar-refractivity contribution is 1.00. The molecule has 0 aliphatic rings. The monoisotopic (exact) mass is 244 g/mol. The van der Waals surface area contributed by atoms with Gasteiger partial charge in [-0.2, -0.15) is 0 Å². The predicted octanol–water partition coefficient (Wildman–Crippen LogP) is 2.94. The second-order valence-electron chi connectivity index (χ2n) is 3.85. The van der Waals surface area contributed by atoms with E-state index in [0.717, 1.165) is 27.7 Å². The number of aromatic amines is 1. The Bertz CT molecular complexity index is 608. The summed E-state index contributed by atoms with van der Waals surface area (Å²) in [5.74, 6) is 0.930. The summed E-state index contributed by atoms with van der Waals surface area (Å²) in [6.45, 7) is 2.66. The van der Waals surface area contributed by atoms with Crippen molar-refractivity contribution in [2.45, 2.75) is 13.5 Å². The minimum Gasteiger partial charge on any atom is -0.354 e.